The summed E-state index contributed by atoms with van der Waals surface area (Å²) >= 11 is 5.92. The molecule has 0 saturated heterocycles. The van der Waals surface area contributed by atoms with Crippen molar-refractivity contribution in [3.8, 4) is 0 Å². The molecule has 1 amide bonds. The molecule has 0 fully saturated rings. The summed E-state index contributed by atoms with van der Waals surface area (Å²) in [6.45, 7) is -0.0437. The van der Waals surface area contributed by atoms with Crippen LogP contribution in [0.4, 0.5) is 0 Å². The highest BCUT2D eigenvalue weighted by atomic mass is 35.5. The largest absolute Gasteiger partial charge is 0.349 e. The molecule has 0 aliphatic rings. The van der Waals surface area contributed by atoms with Gasteiger partial charge < -0.3 is 5.32 Å². The quantitative estimate of drug-likeness (QED) is 0.596. The lowest BCUT2D eigenvalue weighted by Crippen LogP contribution is -2.40. The van der Waals surface area contributed by atoms with E-state index in [1.807, 2.05) is 6.07 Å². The van der Waals surface area contributed by atoms with E-state index in [1.54, 1.807) is 60.8 Å². The van der Waals surface area contributed by atoms with E-state index >= 15 is 0 Å². The van der Waals surface area contributed by atoms with E-state index in [1.165, 1.54) is 12.1 Å². The zero-order chi connectivity index (χ0) is 20.7. The second-order valence-corrected chi connectivity index (χ2v) is 8.68. The Morgan fingerprint density at radius 2 is 1.66 bits per heavy atom. The number of nitrogens with zero attached hydrogens (tertiary/aromatic N) is 2. The molecule has 2 aromatic carbocycles. The zero-order valence-corrected chi connectivity index (χ0v) is 17.1. The molecule has 3 rings (SSSR count). The van der Waals surface area contributed by atoms with Crippen LogP contribution in [-0.2, 0) is 27.9 Å². The van der Waals surface area contributed by atoms with E-state index in [9.17, 15) is 13.2 Å². The third-order valence-electron chi connectivity index (χ3n) is 4.17. The highest BCUT2D eigenvalue weighted by Crippen LogP contribution is 2.19. The van der Waals surface area contributed by atoms with Gasteiger partial charge in [-0.25, -0.2) is 8.42 Å². The minimum atomic E-state index is -3.86. The van der Waals surface area contributed by atoms with E-state index in [0.717, 1.165) is 9.87 Å². The van der Waals surface area contributed by atoms with Gasteiger partial charge in [-0.3, -0.25) is 9.78 Å². The minimum absolute atomic E-state index is 0.0470. The van der Waals surface area contributed by atoms with Crippen molar-refractivity contribution in [1.82, 2.24) is 14.6 Å². The van der Waals surface area contributed by atoms with Gasteiger partial charge >= 0.3 is 0 Å². The highest BCUT2D eigenvalue weighted by Gasteiger charge is 2.26. The molecule has 0 saturated carbocycles. The first kappa shape index (κ1) is 21.0. The fourth-order valence-corrected chi connectivity index (χ4v) is 4.20. The van der Waals surface area contributed by atoms with Crippen molar-refractivity contribution in [3.05, 3.63) is 95.3 Å². The molecule has 1 N–H and O–H groups in total. The number of carbonyl (C=O) groups is 1. The maximum atomic E-state index is 13.1. The topological polar surface area (TPSA) is 79.4 Å². The first-order chi connectivity index (χ1) is 13.9. The first-order valence-electron chi connectivity index (χ1n) is 8.91. The van der Waals surface area contributed by atoms with Gasteiger partial charge in [0.2, 0.25) is 15.9 Å². The second kappa shape index (κ2) is 9.65. The number of aromatic nitrogens is 1. The Hall–Kier alpha value is -2.74. The lowest BCUT2D eigenvalue weighted by atomic mass is 10.2. The number of amides is 1. The molecule has 6 nitrogen and oxygen atoms in total. The van der Waals surface area contributed by atoms with Crippen molar-refractivity contribution < 1.29 is 13.2 Å². The van der Waals surface area contributed by atoms with Crippen LogP contribution in [0.2, 0.25) is 5.02 Å². The molecule has 0 unspecified atom stereocenters. The number of hydrogen-bond acceptors (Lipinski definition) is 4. The number of sulfonamides is 1. The van der Waals surface area contributed by atoms with Crippen molar-refractivity contribution in [2.24, 2.45) is 0 Å². The van der Waals surface area contributed by atoms with Crippen molar-refractivity contribution in [2.45, 2.75) is 18.0 Å². The van der Waals surface area contributed by atoms with E-state index in [4.69, 9.17) is 11.6 Å². The number of halogens is 1. The van der Waals surface area contributed by atoms with Crippen molar-refractivity contribution in [1.29, 1.82) is 0 Å². The molecular formula is C21H20ClN3O3S. The van der Waals surface area contributed by atoms with Gasteiger partial charge in [0.1, 0.15) is 0 Å². The summed E-state index contributed by atoms with van der Waals surface area (Å²) in [6, 6.07) is 20.3. The average molecular weight is 430 g/mol. The Morgan fingerprint density at radius 1 is 0.966 bits per heavy atom. The van der Waals surface area contributed by atoms with Crippen LogP contribution in [0.15, 0.2) is 83.9 Å². The summed E-state index contributed by atoms with van der Waals surface area (Å²) in [5.41, 5.74) is 1.42. The van der Waals surface area contributed by atoms with Gasteiger partial charge in [0.05, 0.1) is 23.7 Å². The SMILES string of the molecule is O=C(CN(Cc1ccc(Cl)cc1)S(=O)(=O)c1ccccc1)NCc1ccccn1. The summed E-state index contributed by atoms with van der Waals surface area (Å²) in [4.78, 5) is 16.8. The summed E-state index contributed by atoms with van der Waals surface area (Å²) in [6.07, 6.45) is 1.63. The Labute approximate surface area is 175 Å². The fraction of sp³-hybridized carbons (Fsp3) is 0.143. The molecule has 0 bridgehead atoms. The number of pyridine rings is 1. The van der Waals surface area contributed by atoms with Gasteiger partial charge in [0.15, 0.2) is 0 Å². The molecular weight excluding hydrogens is 410 g/mol. The number of hydrogen-bond donors (Lipinski definition) is 1. The molecule has 0 spiro atoms. The van der Waals surface area contributed by atoms with Crippen molar-refractivity contribution in [3.63, 3.8) is 0 Å². The molecule has 3 aromatic rings. The Morgan fingerprint density at radius 3 is 2.31 bits per heavy atom. The molecule has 0 radical (unpaired) electrons. The zero-order valence-electron chi connectivity index (χ0n) is 15.5. The molecule has 8 heteroatoms. The average Bonchev–Trinajstić information content (AvgIpc) is 2.74. The first-order valence-corrected chi connectivity index (χ1v) is 10.7. The monoisotopic (exact) mass is 429 g/mol. The van der Waals surface area contributed by atoms with Gasteiger partial charge in [-0.05, 0) is 42.0 Å². The lowest BCUT2D eigenvalue weighted by Gasteiger charge is -2.22. The Bertz CT molecular complexity index is 1040. The minimum Gasteiger partial charge on any atom is -0.349 e. The molecule has 0 atom stereocenters. The van der Waals surface area contributed by atoms with Crippen LogP contribution in [0.3, 0.4) is 0 Å². The van der Waals surface area contributed by atoms with E-state index in [-0.39, 0.29) is 24.5 Å². The predicted octanol–water partition coefficient (Wildman–Crippen LogP) is 3.24. The predicted molar refractivity (Wildman–Crippen MR) is 112 cm³/mol. The second-order valence-electron chi connectivity index (χ2n) is 6.31. The van der Waals surface area contributed by atoms with Gasteiger partial charge in [-0.2, -0.15) is 4.31 Å². The Kier molecular flexibility index (Phi) is 6.98. The summed E-state index contributed by atoms with van der Waals surface area (Å²) in [5, 5.41) is 3.27. The summed E-state index contributed by atoms with van der Waals surface area (Å²) in [7, 11) is -3.86. The van der Waals surface area contributed by atoms with Gasteiger partial charge in [0.25, 0.3) is 0 Å². The van der Waals surface area contributed by atoms with Gasteiger partial charge in [-0.1, -0.05) is 48.0 Å². The van der Waals surface area contributed by atoms with Crippen LogP contribution in [0.5, 0.6) is 0 Å². The number of carbonyl (C=O) groups excluding carboxylic acids is 1. The number of nitrogens with one attached hydrogen (secondary N) is 1. The molecule has 150 valence electrons. The maximum absolute atomic E-state index is 13.1. The Balaban J connectivity index is 1.78. The van der Waals surface area contributed by atoms with Crippen LogP contribution in [0.25, 0.3) is 0 Å². The van der Waals surface area contributed by atoms with E-state index < -0.39 is 15.9 Å². The molecule has 0 aliphatic heterocycles. The normalized spacial score (nSPS) is 11.4. The highest BCUT2D eigenvalue weighted by molar-refractivity contribution is 7.89. The lowest BCUT2D eigenvalue weighted by molar-refractivity contribution is -0.121. The number of rotatable bonds is 8. The molecule has 1 heterocycles. The van der Waals surface area contributed by atoms with E-state index in [0.29, 0.717) is 10.7 Å². The molecule has 1 aromatic heterocycles. The third kappa shape index (κ3) is 5.87. The molecule has 0 aliphatic carbocycles. The summed E-state index contributed by atoms with van der Waals surface area (Å²) in [5.74, 6) is -0.413. The fourth-order valence-electron chi connectivity index (χ4n) is 2.67. The maximum Gasteiger partial charge on any atom is 0.243 e. The van der Waals surface area contributed by atoms with Crippen LogP contribution < -0.4 is 5.32 Å². The molecule has 29 heavy (non-hydrogen) atoms. The van der Waals surface area contributed by atoms with Crippen LogP contribution in [-0.4, -0.2) is 30.2 Å². The number of benzene rings is 2. The third-order valence-corrected chi connectivity index (χ3v) is 6.22. The van der Waals surface area contributed by atoms with Crippen LogP contribution >= 0.6 is 11.6 Å². The van der Waals surface area contributed by atoms with Crippen LogP contribution in [0, 0.1) is 0 Å². The summed E-state index contributed by atoms with van der Waals surface area (Å²) < 4.78 is 27.4. The standard InChI is InChI=1S/C21H20ClN3O3S/c22-18-11-9-17(10-12-18)15-25(29(27,28)20-7-2-1-3-8-20)16-21(26)24-14-19-6-4-5-13-23-19/h1-13H,14-16H2,(H,24,26). The smallest absolute Gasteiger partial charge is 0.243 e. The van der Waals surface area contributed by atoms with Gasteiger partial charge in [-0.15, -0.1) is 0 Å². The van der Waals surface area contributed by atoms with Crippen molar-refractivity contribution in [2.75, 3.05) is 6.54 Å². The van der Waals surface area contributed by atoms with E-state index in [2.05, 4.69) is 10.3 Å². The van der Waals surface area contributed by atoms with Crippen LogP contribution in [0.1, 0.15) is 11.3 Å². The van der Waals surface area contributed by atoms with Crippen molar-refractivity contribution >= 4 is 27.5 Å². The van der Waals surface area contributed by atoms with Gasteiger partial charge in [0, 0.05) is 17.8 Å².